The molecule has 0 aromatic heterocycles. The SMILES string of the molecule is CC(=O)N[C@H](CC(=O)O)c1cccc(C(F)F)c1. The highest BCUT2D eigenvalue weighted by Gasteiger charge is 2.18. The summed E-state index contributed by atoms with van der Waals surface area (Å²) in [5.41, 5.74) is 0.152. The van der Waals surface area contributed by atoms with Gasteiger partial charge in [0.2, 0.25) is 5.91 Å². The fourth-order valence-corrected chi connectivity index (χ4v) is 1.58. The van der Waals surface area contributed by atoms with E-state index < -0.39 is 24.3 Å². The molecule has 0 spiro atoms. The van der Waals surface area contributed by atoms with Crippen LogP contribution in [0, 0.1) is 0 Å². The van der Waals surface area contributed by atoms with Crippen LogP contribution in [0.1, 0.15) is 36.9 Å². The van der Waals surface area contributed by atoms with Gasteiger partial charge in [-0.15, -0.1) is 0 Å². The Labute approximate surface area is 103 Å². The zero-order chi connectivity index (χ0) is 13.7. The van der Waals surface area contributed by atoms with Crippen LogP contribution in [0.15, 0.2) is 24.3 Å². The standard InChI is InChI=1S/C12H13F2NO3/c1-7(16)15-10(6-11(17)18)8-3-2-4-9(5-8)12(13)14/h2-5,10,12H,6H2,1H3,(H,15,16)(H,17,18)/t10-/m1/s1. The first-order valence-electron chi connectivity index (χ1n) is 5.27. The van der Waals surface area contributed by atoms with Crippen molar-refractivity contribution in [2.75, 3.05) is 0 Å². The van der Waals surface area contributed by atoms with E-state index in [0.29, 0.717) is 5.56 Å². The van der Waals surface area contributed by atoms with E-state index >= 15 is 0 Å². The van der Waals surface area contributed by atoms with Gasteiger partial charge in [-0.1, -0.05) is 18.2 Å². The van der Waals surface area contributed by atoms with E-state index in [4.69, 9.17) is 5.11 Å². The van der Waals surface area contributed by atoms with Gasteiger partial charge >= 0.3 is 5.97 Å². The number of carboxylic acids is 1. The van der Waals surface area contributed by atoms with Crippen molar-refractivity contribution < 1.29 is 23.5 Å². The summed E-state index contributed by atoms with van der Waals surface area (Å²) in [5, 5.41) is 11.2. The second-order valence-corrected chi connectivity index (χ2v) is 3.82. The predicted octanol–water partition coefficient (Wildman–Crippen LogP) is 2.28. The Kier molecular flexibility index (Phi) is 4.76. The minimum Gasteiger partial charge on any atom is -0.481 e. The van der Waals surface area contributed by atoms with Crippen LogP contribution in [0.4, 0.5) is 8.78 Å². The lowest BCUT2D eigenvalue weighted by Gasteiger charge is -2.17. The predicted molar refractivity (Wildman–Crippen MR) is 60.2 cm³/mol. The van der Waals surface area contributed by atoms with Gasteiger partial charge in [-0.2, -0.15) is 0 Å². The van der Waals surface area contributed by atoms with E-state index in [0.717, 1.165) is 0 Å². The van der Waals surface area contributed by atoms with Crippen LogP contribution in [0.5, 0.6) is 0 Å². The lowest BCUT2D eigenvalue weighted by atomic mass is 10.0. The highest BCUT2D eigenvalue weighted by molar-refractivity contribution is 5.75. The summed E-state index contributed by atoms with van der Waals surface area (Å²) in [7, 11) is 0. The molecule has 98 valence electrons. The van der Waals surface area contributed by atoms with Crippen molar-refractivity contribution in [1.29, 1.82) is 0 Å². The molecule has 1 aromatic carbocycles. The van der Waals surface area contributed by atoms with Gasteiger partial charge in [-0.3, -0.25) is 9.59 Å². The number of carbonyl (C=O) groups is 2. The van der Waals surface area contributed by atoms with Crippen LogP contribution in [0.3, 0.4) is 0 Å². The van der Waals surface area contributed by atoms with Crippen molar-refractivity contribution >= 4 is 11.9 Å². The quantitative estimate of drug-likeness (QED) is 0.850. The number of halogens is 2. The van der Waals surface area contributed by atoms with Gasteiger partial charge in [0.15, 0.2) is 0 Å². The lowest BCUT2D eigenvalue weighted by Crippen LogP contribution is -2.28. The number of aliphatic carboxylic acids is 1. The maximum absolute atomic E-state index is 12.5. The van der Waals surface area contributed by atoms with E-state index in [9.17, 15) is 18.4 Å². The molecule has 0 aliphatic heterocycles. The van der Waals surface area contributed by atoms with Gasteiger partial charge in [0.1, 0.15) is 0 Å². The fraction of sp³-hybridized carbons (Fsp3) is 0.333. The number of amides is 1. The van der Waals surface area contributed by atoms with Crippen molar-refractivity contribution in [2.24, 2.45) is 0 Å². The molecule has 1 rings (SSSR count). The van der Waals surface area contributed by atoms with Crippen LogP contribution in [0.25, 0.3) is 0 Å². The second kappa shape index (κ2) is 6.09. The molecule has 0 radical (unpaired) electrons. The van der Waals surface area contributed by atoms with Crippen molar-refractivity contribution in [3.8, 4) is 0 Å². The number of hydrogen-bond acceptors (Lipinski definition) is 2. The number of hydrogen-bond donors (Lipinski definition) is 2. The Morgan fingerprint density at radius 1 is 1.33 bits per heavy atom. The summed E-state index contributed by atoms with van der Waals surface area (Å²) >= 11 is 0. The Balaban J connectivity index is 2.99. The highest BCUT2D eigenvalue weighted by atomic mass is 19.3. The average Bonchev–Trinajstić information content (AvgIpc) is 2.27. The van der Waals surface area contributed by atoms with Crippen LogP contribution in [-0.2, 0) is 9.59 Å². The maximum atomic E-state index is 12.5. The largest absolute Gasteiger partial charge is 0.481 e. The summed E-state index contributed by atoms with van der Waals surface area (Å²) < 4.78 is 25.1. The van der Waals surface area contributed by atoms with Gasteiger partial charge in [0, 0.05) is 12.5 Å². The number of carboxylic acid groups (broad SMARTS) is 1. The van der Waals surface area contributed by atoms with E-state index in [1.54, 1.807) is 0 Å². The average molecular weight is 257 g/mol. The third-order valence-electron chi connectivity index (χ3n) is 2.32. The summed E-state index contributed by atoms with van der Waals surface area (Å²) in [4.78, 5) is 21.7. The van der Waals surface area contributed by atoms with E-state index in [2.05, 4.69) is 5.32 Å². The van der Waals surface area contributed by atoms with E-state index in [1.807, 2.05) is 0 Å². The molecule has 1 aromatic rings. The smallest absolute Gasteiger partial charge is 0.305 e. The van der Waals surface area contributed by atoms with Crippen LogP contribution in [0.2, 0.25) is 0 Å². The van der Waals surface area contributed by atoms with Gasteiger partial charge in [0.25, 0.3) is 6.43 Å². The Hall–Kier alpha value is -1.98. The molecule has 18 heavy (non-hydrogen) atoms. The highest BCUT2D eigenvalue weighted by Crippen LogP contribution is 2.24. The van der Waals surface area contributed by atoms with Crippen molar-refractivity contribution in [1.82, 2.24) is 5.32 Å². The molecule has 0 heterocycles. The molecule has 6 heteroatoms. The zero-order valence-electron chi connectivity index (χ0n) is 9.69. The molecule has 4 nitrogen and oxygen atoms in total. The molecular weight excluding hydrogens is 244 g/mol. The number of rotatable bonds is 5. The third-order valence-corrected chi connectivity index (χ3v) is 2.32. The number of alkyl halides is 2. The van der Waals surface area contributed by atoms with Gasteiger partial charge in [-0.25, -0.2) is 8.78 Å². The molecule has 0 aliphatic rings. The monoisotopic (exact) mass is 257 g/mol. The molecule has 1 atom stereocenters. The number of nitrogens with one attached hydrogen (secondary N) is 1. The second-order valence-electron chi connectivity index (χ2n) is 3.82. The minimum atomic E-state index is -2.63. The Morgan fingerprint density at radius 3 is 2.44 bits per heavy atom. The first-order valence-corrected chi connectivity index (χ1v) is 5.27. The third kappa shape index (κ3) is 4.12. The topological polar surface area (TPSA) is 66.4 Å². The molecule has 0 unspecified atom stereocenters. The number of carbonyl (C=O) groups excluding carboxylic acids is 1. The van der Waals surface area contributed by atoms with Gasteiger partial charge in [0.05, 0.1) is 12.5 Å². The molecule has 1 amide bonds. The summed E-state index contributed by atoms with van der Waals surface area (Å²) in [6.07, 6.45) is -2.99. The summed E-state index contributed by atoms with van der Waals surface area (Å²) in [5.74, 6) is -1.53. The molecule has 0 saturated heterocycles. The molecule has 0 bridgehead atoms. The van der Waals surface area contributed by atoms with Crippen molar-refractivity contribution in [3.05, 3.63) is 35.4 Å². The molecule has 0 fully saturated rings. The summed E-state index contributed by atoms with van der Waals surface area (Å²) in [6, 6.07) is 4.57. The Bertz CT molecular complexity index is 433. The lowest BCUT2D eigenvalue weighted by molar-refractivity contribution is -0.137. The van der Waals surface area contributed by atoms with Crippen LogP contribution < -0.4 is 5.32 Å². The maximum Gasteiger partial charge on any atom is 0.305 e. The fourth-order valence-electron chi connectivity index (χ4n) is 1.58. The van der Waals surface area contributed by atoms with Crippen molar-refractivity contribution in [3.63, 3.8) is 0 Å². The molecule has 2 N–H and O–H groups in total. The summed E-state index contributed by atoms with van der Waals surface area (Å²) in [6.45, 7) is 1.24. The van der Waals surface area contributed by atoms with E-state index in [1.165, 1.54) is 31.2 Å². The van der Waals surface area contributed by atoms with Gasteiger partial charge in [-0.05, 0) is 11.6 Å². The van der Waals surface area contributed by atoms with Crippen LogP contribution >= 0.6 is 0 Å². The first-order chi connectivity index (χ1) is 8.40. The minimum absolute atomic E-state index is 0.201. The first kappa shape index (κ1) is 14.1. The van der Waals surface area contributed by atoms with Gasteiger partial charge < -0.3 is 10.4 Å². The van der Waals surface area contributed by atoms with Crippen LogP contribution in [-0.4, -0.2) is 17.0 Å². The molecule has 0 aliphatic carbocycles. The van der Waals surface area contributed by atoms with E-state index in [-0.39, 0.29) is 12.0 Å². The zero-order valence-corrected chi connectivity index (χ0v) is 9.69. The molecular formula is C12H13F2NO3. The normalized spacial score (nSPS) is 12.2. The molecule has 0 saturated carbocycles. The number of benzene rings is 1. The Morgan fingerprint density at radius 2 is 1.94 bits per heavy atom. The van der Waals surface area contributed by atoms with Crippen molar-refractivity contribution in [2.45, 2.75) is 25.8 Å².